The summed E-state index contributed by atoms with van der Waals surface area (Å²) < 4.78 is 35.9. The second-order valence-corrected chi connectivity index (χ2v) is 4.86. The standard InChI is InChI=1S/C11H11FO2S/c1-9(10(2)12)8-15(13,14)11-6-4-3-5-7-11/h3-8H,2H2,1H3/b9-8+. The van der Waals surface area contributed by atoms with Gasteiger partial charge in [0, 0.05) is 5.41 Å². The number of hydrogen-bond acceptors (Lipinski definition) is 2. The summed E-state index contributed by atoms with van der Waals surface area (Å²) in [6.07, 6.45) is 0. The maximum absolute atomic E-state index is 12.6. The molecule has 0 aromatic heterocycles. The first-order chi connectivity index (χ1) is 6.93. The molecule has 0 N–H and O–H groups in total. The summed E-state index contributed by atoms with van der Waals surface area (Å²) in [7, 11) is -3.57. The predicted octanol–water partition coefficient (Wildman–Crippen LogP) is 2.85. The van der Waals surface area contributed by atoms with E-state index in [0.717, 1.165) is 5.41 Å². The zero-order valence-electron chi connectivity index (χ0n) is 8.27. The summed E-state index contributed by atoms with van der Waals surface area (Å²) in [6.45, 7) is 4.40. The average Bonchev–Trinajstić information content (AvgIpc) is 2.18. The minimum absolute atomic E-state index is 0.0128. The number of rotatable bonds is 3. The van der Waals surface area contributed by atoms with Crippen LogP contribution in [0.25, 0.3) is 0 Å². The van der Waals surface area contributed by atoms with Crippen molar-refractivity contribution in [3.8, 4) is 0 Å². The van der Waals surface area contributed by atoms with E-state index in [1.807, 2.05) is 0 Å². The molecule has 0 fully saturated rings. The molecule has 80 valence electrons. The second-order valence-electron chi connectivity index (χ2n) is 3.06. The lowest BCUT2D eigenvalue weighted by Gasteiger charge is -2.00. The van der Waals surface area contributed by atoms with Crippen LogP contribution in [0.4, 0.5) is 4.39 Å². The Morgan fingerprint density at radius 1 is 1.33 bits per heavy atom. The van der Waals surface area contributed by atoms with Gasteiger partial charge in [-0.1, -0.05) is 24.8 Å². The van der Waals surface area contributed by atoms with Crippen molar-refractivity contribution in [3.05, 3.63) is 53.7 Å². The van der Waals surface area contributed by atoms with Gasteiger partial charge in [-0.05, 0) is 24.6 Å². The molecule has 1 aromatic rings. The third-order valence-corrected chi connectivity index (χ3v) is 3.42. The maximum atomic E-state index is 12.6. The lowest BCUT2D eigenvalue weighted by atomic mass is 10.3. The van der Waals surface area contributed by atoms with Crippen molar-refractivity contribution in [2.45, 2.75) is 11.8 Å². The largest absolute Gasteiger partial charge is 0.219 e. The Morgan fingerprint density at radius 2 is 1.87 bits per heavy atom. The van der Waals surface area contributed by atoms with Crippen molar-refractivity contribution < 1.29 is 12.8 Å². The number of halogens is 1. The summed E-state index contributed by atoms with van der Waals surface area (Å²) in [4.78, 5) is 0.144. The molecule has 0 unspecified atom stereocenters. The van der Waals surface area contributed by atoms with Crippen LogP contribution in [-0.4, -0.2) is 8.42 Å². The average molecular weight is 226 g/mol. The van der Waals surface area contributed by atoms with Crippen LogP contribution < -0.4 is 0 Å². The Kier molecular flexibility index (Phi) is 3.42. The number of allylic oxidation sites excluding steroid dienone is 2. The van der Waals surface area contributed by atoms with Gasteiger partial charge in [0.25, 0.3) is 0 Å². The Labute approximate surface area is 88.7 Å². The third kappa shape index (κ3) is 3.02. The highest BCUT2D eigenvalue weighted by molar-refractivity contribution is 7.94. The van der Waals surface area contributed by atoms with Gasteiger partial charge in [0.15, 0.2) is 9.84 Å². The van der Waals surface area contributed by atoms with E-state index in [1.54, 1.807) is 18.2 Å². The van der Waals surface area contributed by atoms with Crippen LogP contribution in [-0.2, 0) is 9.84 Å². The molecule has 0 amide bonds. The fourth-order valence-corrected chi connectivity index (χ4v) is 2.24. The van der Waals surface area contributed by atoms with Crippen LogP contribution in [0.5, 0.6) is 0 Å². The van der Waals surface area contributed by atoms with Gasteiger partial charge in [-0.25, -0.2) is 12.8 Å². The minimum atomic E-state index is -3.57. The number of sulfone groups is 1. The molecular formula is C11H11FO2S. The van der Waals surface area contributed by atoms with Gasteiger partial charge in [0.2, 0.25) is 0 Å². The van der Waals surface area contributed by atoms with Gasteiger partial charge < -0.3 is 0 Å². The first-order valence-electron chi connectivity index (χ1n) is 4.27. The normalized spacial score (nSPS) is 12.5. The molecule has 0 heterocycles. The van der Waals surface area contributed by atoms with Crippen LogP contribution in [0.1, 0.15) is 6.92 Å². The Hall–Kier alpha value is -1.42. The van der Waals surface area contributed by atoms with Crippen molar-refractivity contribution >= 4 is 9.84 Å². The molecule has 0 aliphatic carbocycles. The molecular weight excluding hydrogens is 215 g/mol. The summed E-state index contributed by atoms with van der Waals surface area (Å²) >= 11 is 0. The first kappa shape index (κ1) is 11.7. The van der Waals surface area contributed by atoms with Gasteiger partial charge in [0.05, 0.1) is 4.90 Å². The van der Waals surface area contributed by atoms with E-state index in [0.29, 0.717) is 0 Å². The van der Waals surface area contributed by atoms with E-state index >= 15 is 0 Å². The number of hydrogen-bond donors (Lipinski definition) is 0. The maximum Gasteiger partial charge on any atom is 0.200 e. The molecule has 15 heavy (non-hydrogen) atoms. The predicted molar refractivity (Wildman–Crippen MR) is 57.6 cm³/mol. The zero-order valence-corrected chi connectivity index (χ0v) is 9.09. The van der Waals surface area contributed by atoms with E-state index in [9.17, 15) is 12.8 Å². The van der Waals surface area contributed by atoms with Crippen molar-refractivity contribution in [2.75, 3.05) is 0 Å². The molecule has 1 aromatic carbocycles. The molecule has 0 spiro atoms. The molecule has 0 atom stereocenters. The monoisotopic (exact) mass is 226 g/mol. The quantitative estimate of drug-likeness (QED) is 0.743. The fourth-order valence-electron chi connectivity index (χ4n) is 0.975. The van der Waals surface area contributed by atoms with Crippen LogP contribution >= 0.6 is 0 Å². The minimum Gasteiger partial charge on any atom is -0.219 e. The SMILES string of the molecule is C=C(F)/C(C)=C/S(=O)(=O)c1ccccc1. The molecule has 0 aliphatic rings. The van der Waals surface area contributed by atoms with Crippen molar-refractivity contribution in [1.82, 2.24) is 0 Å². The molecule has 2 nitrogen and oxygen atoms in total. The molecule has 1 rings (SSSR count). The third-order valence-electron chi connectivity index (χ3n) is 1.83. The highest BCUT2D eigenvalue weighted by Crippen LogP contribution is 2.16. The van der Waals surface area contributed by atoms with Crippen LogP contribution in [0, 0.1) is 0 Å². The Balaban J connectivity index is 3.17. The highest BCUT2D eigenvalue weighted by atomic mass is 32.2. The lowest BCUT2D eigenvalue weighted by Crippen LogP contribution is -1.97. The van der Waals surface area contributed by atoms with Crippen molar-refractivity contribution in [1.29, 1.82) is 0 Å². The fraction of sp³-hybridized carbons (Fsp3) is 0.0909. The first-order valence-corrected chi connectivity index (χ1v) is 5.81. The molecule has 0 bridgehead atoms. The zero-order chi connectivity index (χ0) is 11.5. The highest BCUT2D eigenvalue weighted by Gasteiger charge is 2.11. The van der Waals surface area contributed by atoms with E-state index in [-0.39, 0.29) is 10.5 Å². The molecule has 0 saturated carbocycles. The Bertz CT molecular complexity index is 487. The summed E-state index contributed by atoms with van der Waals surface area (Å²) in [5, 5.41) is 0.880. The molecule has 4 heteroatoms. The molecule has 0 aliphatic heterocycles. The topological polar surface area (TPSA) is 34.1 Å². The van der Waals surface area contributed by atoms with Gasteiger partial charge >= 0.3 is 0 Å². The molecule has 0 saturated heterocycles. The van der Waals surface area contributed by atoms with E-state index in [4.69, 9.17) is 0 Å². The second kappa shape index (κ2) is 4.40. The van der Waals surface area contributed by atoms with Gasteiger partial charge in [-0.2, -0.15) is 0 Å². The van der Waals surface area contributed by atoms with E-state index in [2.05, 4.69) is 6.58 Å². The van der Waals surface area contributed by atoms with Crippen LogP contribution in [0.2, 0.25) is 0 Å². The van der Waals surface area contributed by atoms with Crippen LogP contribution in [0.3, 0.4) is 0 Å². The van der Waals surface area contributed by atoms with E-state index < -0.39 is 15.7 Å². The summed E-state index contributed by atoms with van der Waals surface area (Å²) in [6, 6.07) is 7.85. The van der Waals surface area contributed by atoms with Gasteiger partial charge in [-0.3, -0.25) is 0 Å². The Morgan fingerprint density at radius 3 is 2.33 bits per heavy atom. The summed E-state index contributed by atoms with van der Waals surface area (Å²) in [5.74, 6) is -0.741. The lowest BCUT2D eigenvalue weighted by molar-refractivity contribution is 0.603. The number of benzene rings is 1. The van der Waals surface area contributed by atoms with E-state index in [1.165, 1.54) is 19.1 Å². The van der Waals surface area contributed by atoms with Crippen LogP contribution in [0.15, 0.2) is 58.6 Å². The van der Waals surface area contributed by atoms with Crippen molar-refractivity contribution in [2.24, 2.45) is 0 Å². The van der Waals surface area contributed by atoms with Gasteiger partial charge in [0.1, 0.15) is 5.83 Å². The van der Waals surface area contributed by atoms with Gasteiger partial charge in [-0.15, -0.1) is 0 Å². The molecule has 0 radical (unpaired) electrons. The smallest absolute Gasteiger partial charge is 0.200 e. The van der Waals surface area contributed by atoms with Crippen molar-refractivity contribution in [3.63, 3.8) is 0 Å². The summed E-state index contributed by atoms with van der Waals surface area (Å²) in [5.41, 5.74) is 0.0128.